The van der Waals surface area contributed by atoms with Gasteiger partial charge in [0.1, 0.15) is 17.5 Å². The molecule has 38 heavy (non-hydrogen) atoms. The highest BCUT2D eigenvalue weighted by Crippen LogP contribution is 2.37. The van der Waals surface area contributed by atoms with Gasteiger partial charge in [-0.15, -0.1) is 0 Å². The van der Waals surface area contributed by atoms with E-state index >= 15 is 0 Å². The molecule has 1 atom stereocenters. The van der Waals surface area contributed by atoms with Crippen molar-refractivity contribution in [3.8, 4) is 11.5 Å². The number of thiazole rings is 1. The molecule has 1 aliphatic rings. The molecule has 0 spiro atoms. The molecule has 1 aromatic heterocycles. The number of ether oxygens (including phenoxy) is 3. The summed E-state index contributed by atoms with van der Waals surface area (Å²) in [6.45, 7) is 7.66. The minimum Gasteiger partial charge on any atom is -0.496 e. The molecule has 0 aliphatic carbocycles. The van der Waals surface area contributed by atoms with Crippen molar-refractivity contribution in [3.05, 3.63) is 83.5 Å². The van der Waals surface area contributed by atoms with Crippen LogP contribution in [0.3, 0.4) is 0 Å². The zero-order valence-corrected chi connectivity index (χ0v) is 23.8. The topological polar surface area (TPSA) is 82.4 Å². The van der Waals surface area contributed by atoms with E-state index in [-0.39, 0.29) is 11.1 Å². The molecule has 0 saturated heterocycles. The number of esters is 1. The highest BCUT2D eigenvalue weighted by atomic mass is 35.5. The van der Waals surface area contributed by atoms with E-state index in [1.165, 1.54) is 30.1 Å². The molecule has 200 valence electrons. The molecular formula is C28H30ClN3O5S. The predicted octanol–water partition coefficient (Wildman–Crippen LogP) is 3.93. The number of halogens is 1. The van der Waals surface area contributed by atoms with Crippen molar-refractivity contribution in [2.24, 2.45) is 4.99 Å². The minimum atomic E-state index is -0.832. The minimum absolute atomic E-state index is 0.244. The van der Waals surface area contributed by atoms with Crippen LogP contribution in [0.15, 0.2) is 57.5 Å². The lowest BCUT2D eigenvalue weighted by atomic mass is 9.95. The quantitative estimate of drug-likeness (QED) is 0.392. The summed E-state index contributed by atoms with van der Waals surface area (Å²) in [5.41, 5.74) is 2.75. The van der Waals surface area contributed by atoms with Crippen LogP contribution in [0.4, 0.5) is 5.69 Å². The Morgan fingerprint density at radius 3 is 2.45 bits per heavy atom. The average Bonchev–Trinajstić information content (AvgIpc) is 3.22. The number of allylic oxidation sites excluding steroid dienone is 1. The molecule has 0 fully saturated rings. The van der Waals surface area contributed by atoms with Crippen molar-refractivity contribution in [2.45, 2.75) is 26.8 Å². The summed E-state index contributed by atoms with van der Waals surface area (Å²) in [6.07, 6.45) is 1.79. The summed E-state index contributed by atoms with van der Waals surface area (Å²) in [4.78, 5) is 34.1. The molecule has 4 rings (SSSR count). The van der Waals surface area contributed by atoms with Gasteiger partial charge in [-0.1, -0.05) is 22.9 Å². The molecule has 2 heterocycles. The number of rotatable bonds is 8. The molecule has 0 radical (unpaired) electrons. The zero-order chi connectivity index (χ0) is 27.6. The molecule has 10 heteroatoms. The lowest BCUT2D eigenvalue weighted by molar-refractivity contribution is -0.136. The number of carbonyl (C=O) groups excluding carboxylic acids is 1. The van der Waals surface area contributed by atoms with Crippen LogP contribution in [0.25, 0.3) is 6.08 Å². The van der Waals surface area contributed by atoms with Gasteiger partial charge in [-0.3, -0.25) is 9.36 Å². The molecule has 0 saturated carbocycles. The summed E-state index contributed by atoms with van der Waals surface area (Å²) in [5, 5.41) is 0.444. The first-order valence-electron chi connectivity index (χ1n) is 12.1. The summed E-state index contributed by atoms with van der Waals surface area (Å²) in [6, 6.07) is 10.2. The Bertz CT molecular complexity index is 1590. The van der Waals surface area contributed by atoms with E-state index in [0.717, 1.165) is 24.3 Å². The monoisotopic (exact) mass is 555 g/mol. The summed E-state index contributed by atoms with van der Waals surface area (Å²) in [5.74, 6) is 0.555. The van der Waals surface area contributed by atoms with Crippen LogP contribution >= 0.6 is 22.9 Å². The van der Waals surface area contributed by atoms with Gasteiger partial charge in [0, 0.05) is 41.0 Å². The molecule has 0 unspecified atom stereocenters. The number of carbonyl (C=O) groups is 1. The first-order valence-corrected chi connectivity index (χ1v) is 13.3. The molecule has 1 aliphatic heterocycles. The summed E-state index contributed by atoms with van der Waals surface area (Å²) >= 11 is 7.58. The maximum Gasteiger partial charge on any atom is 0.338 e. The molecule has 3 aromatic rings. The summed E-state index contributed by atoms with van der Waals surface area (Å²) < 4.78 is 18.3. The van der Waals surface area contributed by atoms with Crippen LogP contribution in [0, 0.1) is 0 Å². The van der Waals surface area contributed by atoms with Crippen LogP contribution in [0.5, 0.6) is 11.5 Å². The van der Waals surface area contributed by atoms with Crippen molar-refractivity contribution in [1.82, 2.24) is 4.57 Å². The fraction of sp³-hybridized carbons (Fsp3) is 0.321. The fourth-order valence-electron chi connectivity index (χ4n) is 4.65. The van der Waals surface area contributed by atoms with Gasteiger partial charge in [0.15, 0.2) is 4.80 Å². The van der Waals surface area contributed by atoms with Crippen LogP contribution in [-0.4, -0.2) is 45.0 Å². The highest BCUT2D eigenvalue weighted by molar-refractivity contribution is 7.07. The second-order valence-corrected chi connectivity index (χ2v) is 10.0. The van der Waals surface area contributed by atoms with E-state index in [2.05, 4.69) is 23.7 Å². The van der Waals surface area contributed by atoms with Crippen LogP contribution < -0.4 is 29.3 Å². The van der Waals surface area contributed by atoms with E-state index in [4.69, 9.17) is 25.8 Å². The van der Waals surface area contributed by atoms with Gasteiger partial charge in [-0.2, -0.15) is 0 Å². The second-order valence-electron chi connectivity index (χ2n) is 8.56. The highest BCUT2D eigenvalue weighted by Gasteiger charge is 2.35. The van der Waals surface area contributed by atoms with E-state index < -0.39 is 12.0 Å². The van der Waals surface area contributed by atoms with Gasteiger partial charge in [0.05, 0.1) is 37.1 Å². The zero-order valence-electron chi connectivity index (χ0n) is 22.2. The number of anilines is 1. The van der Waals surface area contributed by atoms with Crippen LogP contribution in [0.2, 0.25) is 5.02 Å². The van der Waals surface area contributed by atoms with Gasteiger partial charge in [-0.25, -0.2) is 9.79 Å². The Balaban J connectivity index is 1.96. The SMILES string of the molecule is CCN(CC)c1ccc(/C=c2\sc3n(c2=O)[C@@H](c2cc(Cl)ccc2OC)C(C(=O)OC)=C(C)N=3)c(OC)c1. The number of methoxy groups -OCH3 is 3. The molecule has 0 bridgehead atoms. The maximum absolute atomic E-state index is 13.9. The fourth-order valence-corrected chi connectivity index (χ4v) is 5.87. The Kier molecular flexibility index (Phi) is 8.28. The third kappa shape index (κ3) is 4.96. The van der Waals surface area contributed by atoms with E-state index in [1.807, 2.05) is 18.2 Å². The number of hydrogen-bond acceptors (Lipinski definition) is 8. The van der Waals surface area contributed by atoms with Crippen molar-refractivity contribution >= 4 is 40.7 Å². The number of nitrogens with zero attached hydrogens (tertiary/aromatic N) is 3. The summed E-state index contributed by atoms with van der Waals surface area (Å²) in [7, 11) is 4.44. The van der Waals surface area contributed by atoms with Gasteiger partial charge >= 0.3 is 5.97 Å². The molecule has 0 N–H and O–H groups in total. The van der Waals surface area contributed by atoms with Gasteiger partial charge in [-0.05, 0) is 57.2 Å². The molecule has 8 nitrogen and oxygen atoms in total. The normalized spacial score (nSPS) is 15.1. The Morgan fingerprint density at radius 2 is 1.82 bits per heavy atom. The van der Waals surface area contributed by atoms with Crippen molar-refractivity contribution < 1.29 is 19.0 Å². The van der Waals surface area contributed by atoms with E-state index in [1.54, 1.807) is 38.3 Å². The van der Waals surface area contributed by atoms with Crippen molar-refractivity contribution in [2.75, 3.05) is 39.3 Å². The Labute approximate surface area is 230 Å². The third-order valence-corrected chi connectivity index (χ3v) is 7.76. The number of fused-ring (bicyclic) bond motifs is 1. The second kappa shape index (κ2) is 11.4. The predicted molar refractivity (Wildman–Crippen MR) is 150 cm³/mol. The standard InChI is InChI=1S/C28H30ClN3O5S/c1-7-31(8-2)19-11-9-17(22(15-19)36-5)13-23-26(33)32-25(20-14-18(29)10-12-21(20)35-4)24(27(34)37-6)16(3)30-28(32)38-23/h9-15,25H,7-8H2,1-6H3/b23-13-/t25-/m0/s1. The molecule has 2 aromatic carbocycles. The average molecular weight is 556 g/mol. The van der Waals surface area contributed by atoms with Crippen LogP contribution in [0.1, 0.15) is 37.9 Å². The van der Waals surface area contributed by atoms with Gasteiger partial charge in [0.2, 0.25) is 0 Å². The third-order valence-electron chi connectivity index (χ3n) is 6.55. The van der Waals surface area contributed by atoms with E-state index in [9.17, 15) is 9.59 Å². The van der Waals surface area contributed by atoms with Gasteiger partial charge < -0.3 is 19.1 Å². The smallest absolute Gasteiger partial charge is 0.338 e. The van der Waals surface area contributed by atoms with Crippen molar-refractivity contribution in [1.29, 1.82) is 0 Å². The van der Waals surface area contributed by atoms with Crippen molar-refractivity contribution in [3.63, 3.8) is 0 Å². The number of hydrogen-bond donors (Lipinski definition) is 0. The Hall–Kier alpha value is -3.56. The Morgan fingerprint density at radius 1 is 1.11 bits per heavy atom. The first-order chi connectivity index (χ1) is 18.3. The lowest BCUT2D eigenvalue weighted by Gasteiger charge is -2.25. The molecule has 0 amide bonds. The first kappa shape index (κ1) is 27.5. The maximum atomic E-state index is 13.9. The largest absolute Gasteiger partial charge is 0.496 e. The van der Waals surface area contributed by atoms with E-state index in [0.29, 0.717) is 37.1 Å². The molecular weight excluding hydrogens is 526 g/mol. The van der Waals surface area contributed by atoms with Crippen LogP contribution in [-0.2, 0) is 9.53 Å². The number of aromatic nitrogens is 1. The van der Waals surface area contributed by atoms with Gasteiger partial charge in [0.25, 0.3) is 5.56 Å². The lowest BCUT2D eigenvalue weighted by Crippen LogP contribution is -2.40. The number of benzene rings is 2.